The molecule has 5 heteroatoms. The molecule has 0 unspecified atom stereocenters. The van der Waals surface area contributed by atoms with E-state index in [9.17, 15) is 8.42 Å². The third kappa shape index (κ3) is 4.66. The van der Waals surface area contributed by atoms with Crippen LogP contribution in [0.5, 0.6) is 0 Å². The highest BCUT2D eigenvalue weighted by Crippen LogP contribution is 2.18. The average Bonchev–Trinajstić information content (AvgIpc) is 2.28. The molecule has 0 heterocycles. The van der Waals surface area contributed by atoms with E-state index in [1.807, 2.05) is 18.0 Å². The lowest BCUT2D eigenvalue weighted by Crippen LogP contribution is -2.24. The maximum atomic E-state index is 11.1. The smallest absolute Gasteiger partial charge is 0.149 e. The van der Waals surface area contributed by atoms with Crippen molar-refractivity contribution in [3.63, 3.8) is 0 Å². The van der Waals surface area contributed by atoms with E-state index >= 15 is 0 Å². The van der Waals surface area contributed by atoms with Crippen molar-refractivity contribution in [2.45, 2.75) is 13.3 Å². The molecule has 0 aliphatic heterocycles. The predicted octanol–water partition coefficient (Wildman–Crippen LogP) is 0.977. The van der Waals surface area contributed by atoms with Gasteiger partial charge in [-0.3, -0.25) is 0 Å². The summed E-state index contributed by atoms with van der Waals surface area (Å²) in [5, 5.41) is 0. The number of rotatable bonds is 6. The van der Waals surface area contributed by atoms with Crippen molar-refractivity contribution in [1.29, 1.82) is 0 Å². The van der Waals surface area contributed by atoms with E-state index in [2.05, 4.69) is 19.1 Å². The van der Waals surface area contributed by atoms with Gasteiger partial charge in [0.25, 0.3) is 0 Å². The number of nitrogens with zero attached hydrogens (tertiary/aromatic N) is 1. The first kappa shape index (κ1) is 15.0. The van der Waals surface area contributed by atoms with Gasteiger partial charge in [0.2, 0.25) is 0 Å². The molecule has 1 aromatic rings. The zero-order valence-corrected chi connectivity index (χ0v) is 12.1. The molecule has 0 aromatic heterocycles. The standard InChI is InChI=1S/C13H22N2O2S/c1-11-10-13(5-4-12(11)6-7-14)15(2)8-9-18(3,16)17/h4-5,10H,6-9,14H2,1-3H3. The molecule has 0 fully saturated rings. The van der Waals surface area contributed by atoms with Gasteiger partial charge < -0.3 is 10.6 Å². The van der Waals surface area contributed by atoms with Gasteiger partial charge >= 0.3 is 0 Å². The Bertz CT molecular complexity index is 498. The molecule has 0 saturated heterocycles. The summed E-state index contributed by atoms with van der Waals surface area (Å²) in [6, 6.07) is 6.15. The lowest BCUT2D eigenvalue weighted by atomic mass is 10.0. The highest BCUT2D eigenvalue weighted by atomic mass is 32.2. The van der Waals surface area contributed by atoms with Crippen LogP contribution in [0.2, 0.25) is 0 Å². The number of sulfone groups is 1. The lowest BCUT2D eigenvalue weighted by Gasteiger charge is -2.20. The molecule has 1 aromatic carbocycles. The summed E-state index contributed by atoms with van der Waals surface area (Å²) in [7, 11) is -1.01. The minimum absolute atomic E-state index is 0.174. The van der Waals surface area contributed by atoms with E-state index in [-0.39, 0.29) is 5.75 Å². The molecule has 102 valence electrons. The van der Waals surface area contributed by atoms with Crippen LogP contribution in [0.4, 0.5) is 5.69 Å². The van der Waals surface area contributed by atoms with E-state index in [1.165, 1.54) is 17.4 Å². The van der Waals surface area contributed by atoms with Gasteiger partial charge in [-0.25, -0.2) is 8.42 Å². The van der Waals surface area contributed by atoms with Crippen LogP contribution >= 0.6 is 0 Å². The second kappa shape index (κ2) is 6.20. The van der Waals surface area contributed by atoms with Crippen molar-refractivity contribution in [2.24, 2.45) is 5.73 Å². The van der Waals surface area contributed by atoms with Crippen molar-refractivity contribution in [1.82, 2.24) is 0 Å². The van der Waals surface area contributed by atoms with Crippen LogP contribution in [0.15, 0.2) is 18.2 Å². The number of hydrogen-bond donors (Lipinski definition) is 1. The van der Waals surface area contributed by atoms with Crippen LogP contribution in [0, 0.1) is 6.92 Å². The normalized spacial score (nSPS) is 11.6. The summed E-state index contributed by atoms with van der Waals surface area (Å²) in [5.74, 6) is 0.174. The number of hydrogen-bond acceptors (Lipinski definition) is 4. The van der Waals surface area contributed by atoms with E-state index in [0.29, 0.717) is 13.1 Å². The maximum Gasteiger partial charge on any atom is 0.149 e. The molecule has 0 atom stereocenters. The predicted molar refractivity (Wildman–Crippen MR) is 76.9 cm³/mol. The van der Waals surface area contributed by atoms with Crippen molar-refractivity contribution < 1.29 is 8.42 Å². The van der Waals surface area contributed by atoms with Gasteiger partial charge in [0.15, 0.2) is 0 Å². The summed E-state index contributed by atoms with van der Waals surface area (Å²) in [5.41, 5.74) is 9.03. The zero-order chi connectivity index (χ0) is 13.8. The Morgan fingerprint density at radius 1 is 1.33 bits per heavy atom. The quantitative estimate of drug-likeness (QED) is 0.837. The Labute approximate surface area is 110 Å². The minimum Gasteiger partial charge on any atom is -0.374 e. The molecule has 0 saturated carbocycles. The molecule has 0 bridgehead atoms. The van der Waals surface area contributed by atoms with Gasteiger partial charge in [0.05, 0.1) is 5.75 Å². The third-order valence-electron chi connectivity index (χ3n) is 2.98. The first-order valence-electron chi connectivity index (χ1n) is 6.02. The summed E-state index contributed by atoms with van der Waals surface area (Å²) in [6.45, 7) is 3.21. The monoisotopic (exact) mass is 270 g/mol. The molecule has 0 aliphatic rings. The molecule has 1 rings (SSSR count). The van der Waals surface area contributed by atoms with Crippen LogP contribution in [0.25, 0.3) is 0 Å². The fourth-order valence-electron chi connectivity index (χ4n) is 1.79. The van der Waals surface area contributed by atoms with Crippen molar-refractivity contribution in [2.75, 3.05) is 37.0 Å². The Morgan fingerprint density at radius 2 is 2.00 bits per heavy atom. The van der Waals surface area contributed by atoms with E-state index < -0.39 is 9.84 Å². The van der Waals surface area contributed by atoms with Crippen LogP contribution in [0.1, 0.15) is 11.1 Å². The highest BCUT2D eigenvalue weighted by Gasteiger charge is 2.07. The van der Waals surface area contributed by atoms with Crippen molar-refractivity contribution in [3.05, 3.63) is 29.3 Å². The van der Waals surface area contributed by atoms with Crippen LogP contribution in [-0.4, -0.2) is 40.6 Å². The molecule has 0 aliphatic carbocycles. The van der Waals surface area contributed by atoms with Crippen LogP contribution in [0.3, 0.4) is 0 Å². The molecule has 2 N–H and O–H groups in total. The summed E-state index contributed by atoms with van der Waals surface area (Å²) in [4.78, 5) is 1.96. The Kier molecular flexibility index (Phi) is 5.16. The summed E-state index contributed by atoms with van der Waals surface area (Å²) < 4.78 is 22.3. The Hall–Kier alpha value is -1.07. The van der Waals surface area contributed by atoms with Crippen LogP contribution < -0.4 is 10.6 Å². The third-order valence-corrected chi connectivity index (χ3v) is 3.90. The summed E-state index contributed by atoms with van der Waals surface area (Å²) >= 11 is 0. The Morgan fingerprint density at radius 3 is 2.50 bits per heavy atom. The molecular formula is C13H22N2O2S. The first-order valence-corrected chi connectivity index (χ1v) is 8.08. The zero-order valence-electron chi connectivity index (χ0n) is 11.3. The lowest BCUT2D eigenvalue weighted by molar-refractivity contribution is 0.601. The SMILES string of the molecule is Cc1cc(N(C)CCS(C)(=O)=O)ccc1CCN. The highest BCUT2D eigenvalue weighted by molar-refractivity contribution is 7.90. The van der Waals surface area contributed by atoms with Gasteiger partial charge in [-0.1, -0.05) is 6.07 Å². The molecule has 0 radical (unpaired) electrons. The van der Waals surface area contributed by atoms with E-state index in [0.717, 1.165) is 12.1 Å². The van der Waals surface area contributed by atoms with Gasteiger partial charge in [-0.05, 0) is 43.1 Å². The fraction of sp³-hybridized carbons (Fsp3) is 0.538. The van der Waals surface area contributed by atoms with E-state index in [4.69, 9.17) is 5.73 Å². The molecule has 0 spiro atoms. The Balaban J connectivity index is 2.75. The van der Waals surface area contributed by atoms with Gasteiger partial charge in [-0.2, -0.15) is 0 Å². The maximum absolute atomic E-state index is 11.1. The fourth-order valence-corrected chi connectivity index (χ4v) is 2.39. The molecule has 0 amide bonds. The largest absolute Gasteiger partial charge is 0.374 e. The van der Waals surface area contributed by atoms with Gasteiger partial charge in [0, 0.05) is 25.5 Å². The average molecular weight is 270 g/mol. The molecular weight excluding hydrogens is 248 g/mol. The van der Waals surface area contributed by atoms with E-state index in [1.54, 1.807) is 0 Å². The summed E-state index contributed by atoms with van der Waals surface area (Å²) in [6.07, 6.45) is 2.13. The minimum atomic E-state index is -2.91. The molecule has 4 nitrogen and oxygen atoms in total. The number of aryl methyl sites for hydroxylation is 1. The number of benzene rings is 1. The van der Waals surface area contributed by atoms with Gasteiger partial charge in [-0.15, -0.1) is 0 Å². The first-order chi connectivity index (χ1) is 8.33. The second-order valence-corrected chi connectivity index (χ2v) is 6.96. The topological polar surface area (TPSA) is 63.4 Å². The van der Waals surface area contributed by atoms with Crippen LogP contribution in [-0.2, 0) is 16.3 Å². The van der Waals surface area contributed by atoms with Crippen molar-refractivity contribution >= 4 is 15.5 Å². The van der Waals surface area contributed by atoms with Crippen molar-refractivity contribution in [3.8, 4) is 0 Å². The van der Waals surface area contributed by atoms with Gasteiger partial charge in [0.1, 0.15) is 9.84 Å². The number of anilines is 1. The second-order valence-electron chi connectivity index (χ2n) is 4.70. The molecule has 18 heavy (non-hydrogen) atoms. The number of nitrogens with two attached hydrogens (primary N) is 1.